The van der Waals surface area contributed by atoms with Crippen molar-refractivity contribution in [3.63, 3.8) is 0 Å². The third-order valence-corrected chi connectivity index (χ3v) is 8.03. The Kier molecular flexibility index (Phi) is 12.1. The molecule has 3 aromatic carbocycles. The van der Waals surface area contributed by atoms with E-state index in [1.54, 1.807) is 12.0 Å². The molecule has 9 heteroatoms. The van der Waals surface area contributed by atoms with Crippen molar-refractivity contribution < 1.29 is 33.2 Å². The lowest BCUT2D eigenvalue weighted by atomic mass is 9.88. The van der Waals surface area contributed by atoms with Gasteiger partial charge in [0.05, 0.1) is 46.2 Å². The first kappa shape index (κ1) is 31.6. The van der Waals surface area contributed by atoms with Gasteiger partial charge in [0.15, 0.2) is 0 Å². The summed E-state index contributed by atoms with van der Waals surface area (Å²) in [6.45, 7) is 6.19. The second-order valence-corrected chi connectivity index (χ2v) is 11.0. The van der Waals surface area contributed by atoms with E-state index in [0.29, 0.717) is 58.6 Å². The number of hydrogen-bond donors (Lipinski definition) is 1. The van der Waals surface area contributed by atoms with Crippen molar-refractivity contribution in [1.82, 2.24) is 10.2 Å². The topological polar surface area (TPSA) is 87.7 Å². The molecule has 0 aliphatic carbocycles. The number of ether oxygens (including phenoxy) is 6. The number of rotatable bonds is 17. The van der Waals surface area contributed by atoms with Gasteiger partial charge in [0, 0.05) is 31.0 Å². The number of amides is 1. The summed E-state index contributed by atoms with van der Waals surface area (Å²) in [5.41, 5.74) is 3.38. The monoisotopic (exact) mass is 604 g/mol. The molecule has 2 fully saturated rings. The molecule has 2 aliphatic heterocycles. The molecule has 1 N–H and O–H groups in total. The van der Waals surface area contributed by atoms with Gasteiger partial charge in [-0.05, 0) is 54.8 Å². The number of cyclic esters (lactones) is 1. The van der Waals surface area contributed by atoms with Crippen LogP contribution in [0.25, 0.3) is 0 Å². The number of hydrogen-bond acceptors (Lipinski definition) is 8. The van der Waals surface area contributed by atoms with Crippen LogP contribution in [-0.4, -0.2) is 83.4 Å². The van der Waals surface area contributed by atoms with E-state index in [1.165, 1.54) is 5.56 Å². The third kappa shape index (κ3) is 9.11. The number of nitrogens with zero attached hydrogens (tertiary/aromatic N) is 1. The molecule has 1 amide bonds. The van der Waals surface area contributed by atoms with Crippen LogP contribution in [0.3, 0.4) is 0 Å². The molecular weight excluding hydrogens is 560 g/mol. The van der Waals surface area contributed by atoms with Gasteiger partial charge < -0.3 is 38.6 Å². The summed E-state index contributed by atoms with van der Waals surface area (Å²) in [6, 6.07) is 24.3. The molecule has 2 aliphatic rings. The van der Waals surface area contributed by atoms with Crippen LogP contribution in [0.5, 0.6) is 17.2 Å². The zero-order chi connectivity index (χ0) is 30.4. The molecule has 3 aromatic rings. The second kappa shape index (κ2) is 16.9. The largest absolute Gasteiger partial charge is 0.496 e. The van der Waals surface area contributed by atoms with Crippen molar-refractivity contribution in [1.29, 1.82) is 0 Å². The molecule has 0 unspecified atom stereocenters. The summed E-state index contributed by atoms with van der Waals surface area (Å²) in [4.78, 5) is 13.5. The summed E-state index contributed by atoms with van der Waals surface area (Å²) >= 11 is 0. The van der Waals surface area contributed by atoms with Crippen LogP contribution in [0.15, 0.2) is 72.8 Å². The number of benzene rings is 3. The minimum atomic E-state index is -0.239. The molecule has 2 heterocycles. The van der Waals surface area contributed by atoms with E-state index in [4.69, 9.17) is 28.4 Å². The van der Waals surface area contributed by atoms with E-state index in [1.807, 2.05) is 60.7 Å². The van der Waals surface area contributed by atoms with Gasteiger partial charge in [0.2, 0.25) is 0 Å². The first-order valence-corrected chi connectivity index (χ1v) is 15.6. The lowest BCUT2D eigenvalue weighted by Crippen LogP contribution is -2.41. The number of piperidine rings is 1. The molecule has 5 rings (SSSR count). The van der Waals surface area contributed by atoms with Crippen LogP contribution in [-0.2, 0) is 27.2 Å². The fourth-order valence-corrected chi connectivity index (χ4v) is 5.64. The van der Waals surface area contributed by atoms with E-state index in [9.17, 15) is 4.79 Å². The van der Waals surface area contributed by atoms with Crippen molar-refractivity contribution >= 4 is 6.09 Å². The molecule has 0 spiro atoms. The number of para-hydroxylation sites is 2. The Morgan fingerprint density at radius 2 is 1.68 bits per heavy atom. The second-order valence-electron chi connectivity index (χ2n) is 11.0. The molecule has 9 nitrogen and oxygen atoms in total. The molecule has 236 valence electrons. The highest BCUT2D eigenvalue weighted by Gasteiger charge is 2.27. The Morgan fingerprint density at radius 3 is 2.48 bits per heavy atom. The first-order chi connectivity index (χ1) is 21.7. The zero-order valence-electron chi connectivity index (χ0n) is 25.6. The maximum absolute atomic E-state index is 11.8. The predicted molar refractivity (Wildman–Crippen MR) is 168 cm³/mol. The zero-order valence-corrected chi connectivity index (χ0v) is 25.6. The fourth-order valence-electron chi connectivity index (χ4n) is 5.64. The van der Waals surface area contributed by atoms with Gasteiger partial charge in [-0.1, -0.05) is 48.5 Å². The van der Waals surface area contributed by atoms with Crippen LogP contribution in [0.4, 0.5) is 4.79 Å². The quantitative estimate of drug-likeness (QED) is 0.210. The molecular formula is C35H44N2O7. The highest BCUT2D eigenvalue weighted by Crippen LogP contribution is 2.29. The molecule has 0 radical (unpaired) electrons. The van der Waals surface area contributed by atoms with E-state index in [-0.39, 0.29) is 12.2 Å². The lowest BCUT2D eigenvalue weighted by molar-refractivity contribution is 0.00720. The average Bonchev–Trinajstić information content (AvgIpc) is 3.49. The van der Waals surface area contributed by atoms with Gasteiger partial charge in [-0.25, -0.2) is 4.79 Å². The van der Waals surface area contributed by atoms with Crippen molar-refractivity contribution in [3.8, 4) is 17.2 Å². The summed E-state index contributed by atoms with van der Waals surface area (Å²) in [5.74, 6) is 2.85. The van der Waals surface area contributed by atoms with E-state index in [2.05, 4.69) is 17.4 Å². The van der Waals surface area contributed by atoms with E-state index >= 15 is 0 Å². The Hall–Kier alpha value is -3.79. The smallest absolute Gasteiger partial charge is 0.409 e. The molecule has 2 saturated heterocycles. The Bertz CT molecular complexity index is 1300. The van der Waals surface area contributed by atoms with Crippen LogP contribution < -0.4 is 19.5 Å². The summed E-state index contributed by atoms with van der Waals surface area (Å²) in [7, 11) is 1.67. The normalized spacial score (nSPS) is 18.2. The average molecular weight is 605 g/mol. The van der Waals surface area contributed by atoms with Crippen LogP contribution in [0, 0.1) is 0 Å². The number of carbonyl (C=O) groups excluding carboxylic acids is 1. The van der Waals surface area contributed by atoms with Crippen molar-refractivity contribution in [2.75, 3.05) is 66.3 Å². The minimum absolute atomic E-state index is 0.0657. The minimum Gasteiger partial charge on any atom is -0.496 e. The molecule has 0 bridgehead atoms. The Balaban J connectivity index is 1.02. The van der Waals surface area contributed by atoms with E-state index in [0.717, 1.165) is 60.7 Å². The predicted octanol–water partition coefficient (Wildman–Crippen LogP) is 5.22. The summed E-state index contributed by atoms with van der Waals surface area (Å²) < 4.78 is 34.6. The summed E-state index contributed by atoms with van der Waals surface area (Å²) in [5, 5.41) is 3.47. The third-order valence-electron chi connectivity index (χ3n) is 8.03. The van der Waals surface area contributed by atoms with Crippen molar-refractivity contribution in [2.45, 2.75) is 37.9 Å². The first-order valence-electron chi connectivity index (χ1n) is 15.6. The number of methoxy groups -OCH3 is 1. The maximum atomic E-state index is 11.8. The number of carbonyl (C=O) groups is 1. The maximum Gasteiger partial charge on any atom is 0.409 e. The van der Waals surface area contributed by atoms with Crippen LogP contribution >= 0.6 is 0 Å². The Morgan fingerprint density at radius 1 is 0.886 bits per heavy atom. The highest BCUT2D eigenvalue weighted by molar-refractivity contribution is 5.69. The van der Waals surface area contributed by atoms with Gasteiger partial charge in [0.1, 0.15) is 30.5 Å². The highest BCUT2D eigenvalue weighted by atomic mass is 16.6. The van der Waals surface area contributed by atoms with Gasteiger partial charge in [-0.3, -0.25) is 0 Å². The van der Waals surface area contributed by atoms with Gasteiger partial charge >= 0.3 is 6.09 Å². The SMILES string of the molecule is COc1ccccc1COCCCOc1ccc([C@H]2CCNC[C@@H]2OCCOc2ccccc2CCN2CCOC2=O)cc1. The molecule has 0 aromatic heterocycles. The molecule has 2 atom stereocenters. The lowest BCUT2D eigenvalue weighted by Gasteiger charge is -2.32. The van der Waals surface area contributed by atoms with Gasteiger partial charge in [-0.15, -0.1) is 0 Å². The summed E-state index contributed by atoms with van der Waals surface area (Å²) in [6.07, 6.45) is 2.36. The van der Waals surface area contributed by atoms with Crippen molar-refractivity contribution in [3.05, 3.63) is 89.5 Å². The van der Waals surface area contributed by atoms with E-state index < -0.39 is 0 Å². The van der Waals surface area contributed by atoms with Crippen LogP contribution in [0.2, 0.25) is 0 Å². The van der Waals surface area contributed by atoms with Gasteiger partial charge in [0.25, 0.3) is 0 Å². The molecule has 44 heavy (non-hydrogen) atoms. The fraction of sp³-hybridized carbons (Fsp3) is 0.457. The Labute approximate surface area is 260 Å². The van der Waals surface area contributed by atoms with Crippen LogP contribution in [0.1, 0.15) is 35.4 Å². The standard InChI is InChI=1S/C35H44N2O7/c1-39-32-9-4-3-8-29(32)26-40-20-6-21-41-30-13-11-27(12-14-30)31-15-17-36-25-34(31)43-24-23-42-33-10-5-2-7-28(33)16-18-37-19-22-44-35(37)38/h2-5,7-14,31,34,36H,6,15-26H2,1H3/t31-,34+/m1/s1. The number of nitrogens with one attached hydrogen (secondary N) is 1. The molecule has 0 saturated carbocycles. The van der Waals surface area contributed by atoms with Gasteiger partial charge in [-0.2, -0.15) is 0 Å². The van der Waals surface area contributed by atoms with Crippen molar-refractivity contribution in [2.24, 2.45) is 0 Å².